The summed E-state index contributed by atoms with van der Waals surface area (Å²) < 4.78 is 27.7. The fourth-order valence-electron chi connectivity index (χ4n) is 2.89. The molecule has 0 spiro atoms. The second-order valence-electron chi connectivity index (χ2n) is 5.34. The lowest BCUT2D eigenvalue weighted by molar-refractivity contribution is -0.00162. The van der Waals surface area contributed by atoms with Crippen LogP contribution in [0, 0.1) is 5.41 Å². The molecular formula is C12H21F2N5. The van der Waals surface area contributed by atoms with Gasteiger partial charge in [0.1, 0.15) is 5.84 Å². The van der Waals surface area contributed by atoms with E-state index in [4.69, 9.17) is 16.9 Å². The summed E-state index contributed by atoms with van der Waals surface area (Å²) >= 11 is 0. The molecule has 1 atom stereocenters. The van der Waals surface area contributed by atoms with E-state index in [-0.39, 0.29) is 30.8 Å². The average molecular weight is 273 g/mol. The Morgan fingerprint density at radius 1 is 1.21 bits per heavy atom. The lowest BCUT2D eigenvalue weighted by atomic mass is 9.96. The standard InChI is InChI=1S/C12H21F2N5/c13-12(14)6-7-19(11(16)17)9(12)10(15)18-8-4-2-1-3-5-8/h8-9H,1-7H2,(H2,15,18)(H3,16,17). The normalized spacial score (nSPS) is 28.6. The van der Waals surface area contributed by atoms with Crippen molar-refractivity contribution in [3.63, 3.8) is 0 Å². The van der Waals surface area contributed by atoms with Gasteiger partial charge in [-0.1, -0.05) is 19.3 Å². The van der Waals surface area contributed by atoms with Crippen molar-refractivity contribution in [3.05, 3.63) is 0 Å². The largest absolute Gasteiger partial charge is 0.386 e. The number of amidine groups is 1. The average Bonchev–Trinajstić information content (AvgIpc) is 2.66. The molecule has 0 radical (unpaired) electrons. The highest BCUT2D eigenvalue weighted by Crippen LogP contribution is 2.34. The Morgan fingerprint density at radius 3 is 2.42 bits per heavy atom. The van der Waals surface area contributed by atoms with E-state index in [1.54, 1.807) is 0 Å². The molecule has 1 saturated heterocycles. The van der Waals surface area contributed by atoms with Gasteiger partial charge >= 0.3 is 0 Å². The summed E-state index contributed by atoms with van der Waals surface area (Å²) in [4.78, 5) is 5.41. The molecule has 0 aromatic rings. The highest BCUT2D eigenvalue weighted by Gasteiger charge is 2.51. The Bertz CT molecular complexity index is 376. The predicted octanol–water partition coefficient (Wildman–Crippen LogP) is 1.28. The van der Waals surface area contributed by atoms with Crippen LogP contribution >= 0.6 is 0 Å². The van der Waals surface area contributed by atoms with Crippen molar-refractivity contribution in [2.24, 2.45) is 16.5 Å². The van der Waals surface area contributed by atoms with Gasteiger partial charge in [-0.2, -0.15) is 0 Å². The number of nitrogens with two attached hydrogens (primary N) is 2. The fraction of sp³-hybridized carbons (Fsp3) is 0.833. The van der Waals surface area contributed by atoms with E-state index >= 15 is 0 Å². The zero-order valence-electron chi connectivity index (χ0n) is 10.9. The topological polar surface area (TPSA) is 91.5 Å². The number of hydrogen-bond acceptors (Lipinski definition) is 2. The number of guanidine groups is 1. The quantitative estimate of drug-likeness (QED) is 0.523. The minimum absolute atomic E-state index is 0.0407. The molecule has 19 heavy (non-hydrogen) atoms. The van der Waals surface area contributed by atoms with E-state index in [1.165, 1.54) is 6.42 Å². The SMILES string of the molecule is N=C(N)N1CCC(F)(F)C1C(N)=NC1CCCCC1. The van der Waals surface area contributed by atoms with Gasteiger partial charge in [-0.3, -0.25) is 10.4 Å². The van der Waals surface area contributed by atoms with Gasteiger partial charge < -0.3 is 16.4 Å². The van der Waals surface area contributed by atoms with E-state index in [2.05, 4.69) is 4.99 Å². The van der Waals surface area contributed by atoms with E-state index in [1.807, 2.05) is 0 Å². The molecule has 5 N–H and O–H groups in total. The first kappa shape index (κ1) is 14.0. The first-order valence-corrected chi connectivity index (χ1v) is 6.73. The zero-order chi connectivity index (χ0) is 14.0. The van der Waals surface area contributed by atoms with Crippen LogP contribution in [-0.4, -0.2) is 41.2 Å². The van der Waals surface area contributed by atoms with Crippen molar-refractivity contribution >= 4 is 11.8 Å². The number of hydrogen-bond donors (Lipinski definition) is 3. The molecule has 2 rings (SSSR count). The van der Waals surface area contributed by atoms with Gasteiger partial charge in [0.25, 0.3) is 5.92 Å². The second-order valence-corrected chi connectivity index (χ2v) is 5.34. The molecule has 0 bridgehead atoms. The Morgan fingerprint density at radius 2 is 1.84 bits per heavy atom. The van der Waals surface area contributed by atoms with Gasteiger partial charge in [0, 0.05) is 13.0 Å². The second kappa shape index (κ2) is 5.30. The number of rotatable bonds is 2. The molecule has 1 heterocycles. The van der Waals surface area contributed by atoms with Gasteiger partial charge in [0.05, 0.1) is 6.04 Å². The third kappa shape index (κ3) is 2.96. The Balaban J connectivity index is 2.16. The summed E-state index contributed by atoms with van der Waals surface area (Å²) in [5, 5.41) is 7.37. The fourth-order valence-corrected chi connectivity index (χ4v) is 2.89. The van der Waals surface area contributed by atoms with E-state index in [9.17, 15) is 8.78 Å². The van der Waals surface area contributed by atoms with Crippen LogP contribution in [-0.2, 0) is 0 Å². The molecule has 0 amide bonds. The number of halogens is 2. The zero-order valence-corrected chi connectivity index (χ0v) is 10.9. The Labute approximate surface area is 111 Å². The summed E-state index contributed by atoms with van der Waals surface area (Å²) in [5.41, 5.74) is 11.1. The minimum atomic E-state index is -2.96. The highest BCUT2D eigenvalue weighted by molar-refractivity contribution is 5.91. The summed E-state index contributed by atoms with van der Waals surface area (Å²) in [6, 6.07) is -1.31. The van der Waals surface area contributed by atoms with Crippen molar-refractivity contribution in [2.75, 3.05) is 6.54 Å². The molecule has 1 aliphatic heterocycles. The third-order valence-corrected chi connectivity index (χ3v) is 3.89. The maximum atomic E-state index is 13.9. The van der Waals surface area contributed by atoms with Crippen LogP contribution in [0.5, 0.6) is 0 Å². The van der Waals surface area contributed by atoms with Gasteiger partial charge in [0.15, 0.2) is 12.0 Å². The Hall–Kier alpha value is -1.40. The molecular weight excluding hydrogens is 252 g/mol. The van der Waals surface area contributed by atoms with Crippen LogP contribution < -0.4 is 11.5 Å². The molecule has 108 valence electrons. The number of aliphatic imine (C=N–C) groups is 1. The lowest BCUT2D eigenvalue weighted by Crippen LogP contribution is -2.53. The first-order chi connectivity index (χ1) is 8.92. The third-order valence-electron chi connectivity index (χ3n) is 3.89. The van der Waals surface area contributed by atoms with Crippen molar-refractivity contribution < 1.29 is 8.78 Å². The van der Waals surface area contributed by atoms with Crippen LogP contribution in [0.1, 0.15) is 38.5 Å². The number of nitrogens with one attached hydrogen (secondary N) is 1. The summed E-state index contributed by atoms with van der Waals surface area (Å²) in [5.74, 6) is -3.41. The first-order valence-electron chi connectivity index (χ1n) is 6.73. The molecule has 1 unspecified atom stereocenters. The maximum absolute atomic E-state index is 13.9. The predicted molar refractivity (Wildman–Crippen MR) is 70.5 cm³/mol. The van der Waals surface area contributed by atoms with Crippen molar-refractivity contribution in [1.82, 2.24) is 4.90 Å². The smallest absolute Gasteiger partial charge is 0.276 e. The molecule has 0 aromatic carbocycles. The number of alkyl halides is 2. The van der Waals surface area contributed by atoms with Crippen LogP contribution in [0.15, 0.2) is 4.99 Å². The van der Waals surface area contributed by atoms with Crippen LogP contribution in [0.3, 0.4) is 0 Å². The van der Waals surface area contributed by atoms with Crippen LogP contribution in [0.2, 0.25) is 0 Å². The molecule has 1 saturated carbocycles. The van der Waals surface area contributed by atoms with Gasteiger partial charge in [0.2, 0.25) is 0 Å². The molecule has 1 aliphatic carbocycles. The van der Waals surface area contributed by atoms with Crippen molar-refractivity contribution in [3.8, 4) is 0 Å². The van der Waals surface area contributed by atoms with E-state index < -0.39 is 12.0 Å². The van der Waals surface area contributed by atoms with Gasteiger partial charge in [-0.25, -0.2) is 8.78 Å². The molecule has 2 aliphatic rings. The lowest BCUT2D eigenvalue weighted by Gasteiger charge is -2.28. The van der Waals surface area contributed by atoms with E-state index in [0.717, 1.165) is 30.6 Å². The number of likely N-dealkylation sites (tertiary alicyclic amines) is 1. The molecule has 2 fully saturated rings. The molecule has 7 heteroatoms. The highest BCUT2D eigenvalue weighted by atomic mass is 19.3. The summed E-state index contributed by atoms with van der Waals surface area (Å²) in [6.07, 6.45) is 4.78. The van der Waals surface area contributed by atoms with Crippen LogP contribution in [0.4, 0.5) is 8.78 Å². The monoisotopic (exact) mass is 273 g/mol. The maximum Gasteiger partial charge on any atom is 0.276 e. The van der Waals surface area contributed by atoms with Gasteiger partial charge in [-0.05, 0) is 12.8 Å². The van der Waals surface area contributed by atoms with Crippen molar-refractivity contribution in [1.29, 1.82) is 5.41 Å². The molecule has 5 nitrogen and oxygen atoms in total. The number of nitrogens with zero attached hydrogens (tertiary/aromatic N) is 2. The van der Waals surface area contributed by atoms with Crippen molar-refractivity contribution in [2.45, 2.75) is 56.5 Å². The minimum Gasteiger partial charge on any atom is -0.386 e. The van der Waals surface area contributed by atoms with Gasteiger partial charge in [-0.15, -0.1) is 0 Å². The summed E-state index contributed by atoms with van der Waals surface area (Å²) in [6.45, 7) is 0.0495. The van der Waals surface area contributed by atoms with Crippen LogP contribution in [0.25, 0.3) is 0 Å². The van der Waals surface area contributed by atoms with E-state index in [0.29, 0.717) is 0 Å². The Kier molecular flexibility index (Phi) is 3.91. The molecule has 0 aromatic heterocycles. The summed E-state index contributed by atoms with van der Waals surface area (Å²) in [7, 11) is 0.